The molecule has 2 saturated heterocycles. The van der Waals surface area contributed by atoms with Gasteiger partial charge in [0.15, 0.2) is 0 Å². The summed E-state index contributed by atoms with van der Waals surface area (Å²) >= 11 is 0. The fourth-order valence-electron chi connectivity index (χ4n) is 2.67. The van der Waals surface area contributed by atoms with Crippen LogP contribution in [0.1, 0.15) is 40.5 Å². The van der Waals surface area contributed by atoms with Crippen LogP contribution in [0.25, 0.3) is 0 Å². The zero-order valence-electron chi connectivity index (χ0n) is 15.7. The second kappa shape index (κ2) is 12.4. The molecule has 0 aromatic heterocycles. The summed E-state index contributed by atoms with van der Waals surface area (Å²) in [4.78, 5) is 5.11. The minimum absolute atomic E-state index is 0.901. The molecule has 132 valence electrons. The van der Waals surface area contributed by atoms with Crippen LogP contribution in [-0.4, -0.2) is 50.7 Å². The lowest BCUT2D eigenvalue weighted by Crippen LogP contribution is -2.53. The van der Waals surface area contributed by atoms with Crippen molar-refractivity contribution in [2.45, 2.75) is 40.5 Å². The molecule has 1 aromatic carbocycles. The molecule has 1 aromatic rings. The number of benzene rings is 1. The minimum atomic E-state index is 0.901. The summed E-state index contributed by atoms with van der Waals surface area (Å²) < 4.78 is 0. The Kier molecular flexibility index (Phi) is 10.8. The largest absolute Gasteiger partial charge is 0.369 e. The average molecular weight is 320 g/mol. The SMILES string of the molecule is CCC.CCC.c1ccc(N2CCN(CC3CNC3)CC2)cc1. The third-order valence-electron chi connectivity index (χ3n) is 3.88. The lowest BCUT2D eigenvalue weighted by molar-refractivity contribution is 0.184. The normalized spacial score (nSPS) is 18.2. The topological polar surface area (TPSA) is 18.5 Å². The summed E-state index contributed by atoms with van der Waals surface area (Å²) in [6.07, 6.45) is 2.50. The first-order valence-electron chi connectivity index (χ1n) is 9.48. The Hall–Kier alpha value is -1.06. The molecule has 0 aliphatic carbocycles. The van der Waals surface area contributed by atoms with E-state index in [-0.39, 0.29) is 0 Å². The van der Waals surface area contributed by atoms with Crippen molar-refractivity contribution in [3.63, 3.8) is 0 Å². The van der Waals surface area contributed by atoms with E-state index in [0.717, 1.165) is 5.92 Å². The van der Waals surface area contributed by atoms with Gasteiger partial charge in [-0.1, -0.05) is 58.7 Å². The summed E-state index contributed by atoms with van der Waals surface area (Å²) in [6.45, 7) is 17.0. The van der Waals surface area contributed by atoms with Crippen LogP contribution in [0.3, 0.4) is 0 Å². The Labute approximate surface area is 144 Å². The number of anilines is 1. The summed E-state index contributed by atoms with van der Waals surface area (Å²) in [5, 5.41) is 3.35. The van der Waals surface area contributed by atoms with Crippen LogP contribution in [0.5, 0.6) is 0 Å². The monoisotopic (exact) mass is 319 g/mol. The molecule has 2 heterocycles. The Morgan fingerprint density at radius 1 is 0.870 bits per heavy atom. The number of rotatable bonds is 3. The molecule has 0 unspecified atom stereocenters. The molecule has 0 amide bonds. The van der Waals surface area contributed by atoms with Crippen LogP contribution in [0.15, 0.2) is 30.3 Å². The molecule has 23 heavy (non-hydrogen) atoms. The molecule has 0 atom stereocenters. The van der Waals surface area contributed by atoms with Crippen LogP contribution in [-0.2, 0) is 0 Å². The van der Waals surface area contributed by atoms with Crippen molar-refractivity contribution in [3.8, 4) is 0 Å². The van der Waals surface area contributed by atoms with Gasteiger partial charge in [-0.3, -0.25) is 4.90 Å². The molecular formula is C20H37N3. The number of nitrogens with one attached hydrogen (secondary N) is 1. The lowest BCUT2D eigenvalue weighted by Gasteiger charge is -2.39. The van der Waals surface area contributed by atoms with E-state index in [1.807, 2.05) is 0 Å². The van der Waals surface area contributed by atoms with Crippen molar-refractivity contribution in [3.05, 3.63) is 30.3 Å². The summed E-state index contributed by atoms with van der Waals surface area (Å²) in [5.41, 5.74) is 1.37. The fourth-order valence-corrected chi connectivity index (χ4v) is 2.67. The zero-order valence-corrected chi connectivity index (χ0v) is 15.7. The highest BCUT2D eigenvalue weighted by molar-refractivity contribution is 5.46. The van der Waals surface area contributed by atoms with Crippen LogP contribution >= 0.6 is 0 Å². The van der Waals surface area contributed by atoms with Crippen molar-refractivity contribution in [1.82, 2.24) is 10.2 Å². The van der Waals surface area contributed by atoms with Gasteiger partial charge in [0, 0.05) is 51.5 Å². The van der Waals surface area contributed by atoms with Gasteiger partial charge in [0.1, 0.15) is 0 Å². The first-order chi connectivity index (χ1) is 11.2. The highest BCUT2D eigenvalue weighted by atomic mass is 15.3. The Bertz CT molecular complexity index is 366. The summed E-state index contributed by atoms with van der Waals surface area (Å²) in [5.74, 6) is 0.901. The van der Waals surface area contributed by atoms with Gasteiger partial charge in [-0.15, -0.1) is 0 Å². The molecule has 0 spiro atoms. The first-order valence-corrected chi connectivity index (χ1v) is 9.48. The summed E-state index contributed by atoms with van der Waals surface area (Å²) in [6, 6.07) is 10.8. The third-order valence-corrected chi connectivity index (χ3v) is 3.88. The van der Waals surface area contributed by atoms with Gasteiger partial charge in [-0.05, 0) is 18.1 Å². The van der Waals surface area contributed by atoms with Crippen molar-refractivity contribution in [1.29, 1.82) is 0 Å². The van der Waals surface area contributed by atoms with E-state index >= 15 is 0 Å². The lowest BCUT2D eigenvalue weighted by atomic mass is 10.0. The van der Waals surface area contributed by atoms with Gasteiger partial charge in [0.05, 0.1) is 0 Å². The number of piperazine rings is 1. The van der Waals surface area contributed by atoms with Crippen molar-refractivity contribution >= 4 is 5.69 Å². The van der Waals surface area contributed by atoms with E-state index in [9.17, 15) is 0 Å². The number of hydrogen-bond donors (Lipinski definition) is 1. The highest BCUT2D eigenvalue weighted by Crippen LogP contribution is 2.16. The maximum atomic E-state index is 3.35. The molecule has 0 radical (unpaired) electrons. The molecule has 3 nitrogen and oxygen atoms in total. The van der Waals surface area contributed by atoms with Crippen molar-refractivity contribution in [2.75, 3.05) is 50.7 Å². The van der Waals surface area contributed by atoms with E-state index < -0.39 is 0 Å². The fraction of sp³-hybridized carbons (Fsp3) is 0.700. The second-order valence-corrected chi connectivity index (χ2v) is 6.56. The minimum Gasteiger partial charge on any atom is -0.369 e. The molecule has 3 rings (SSSR count). The quantitative estimate of drug-likeness (QED) is 0.912. The van der Waals surface area contributed by atoms with Crippen molar-refractivity contribution in [2.24, 2.45) is 5.92 Å². The highest BCUT2D eigenvalue weighted by Gasteiger charge is 2.23. The standard InChI is InChI=1S/C14H21N3.2C3H8/c1-2-4-14(5-3-1)17-8-6-16(7-9-17)12-13-10-15-11-13;2*1-3-2/h1-5,13,15H,6-12H2;2*3H2,1-2H3. The first kappa shape index (κ1) is 20.0. The van der Waals surface area contributed by atoms with E-state index in [0.29, 0.717) is 0 Å². The maximum absolute atomic E-state index is 3.35. The predicted octanol–water partition coefficient (Wildman–Crippen LogP) is 3.86. The third kappa shape index (κ3) is 7.85. The molecule has 0 bridgehead atoms. The molecule has 1 N–H and O–H groups in total. The van der Waals surface area contributed by atoms with Gasteiger partial charge in [0.2, 0.25) is 0 Å². The molecule has 2 fully saturated rings. The van der Waals surface area contributed by atoms with Gasteiger partial charge in [-0.2, -0.15) is 0 Å². The van der Waals surface area contributed by atoms with Gasteiger partial charge < -0.3 is 10.2 Å². The van der Waals surface area contributed by atoms with Crippen LogP contribution in [0.4, 0.5) is 5.69 Å². The molecule has 3 heteroatoms. The van der Waals surface area contributed by atoms with Crippen molar-refractivity contribution < 1.29 is 0 Å². The smallest absolute Gasteiger partial charge is 0.0367 e. The van der Waals surface area contributed by atoms with Crippen LogP contribution in [0.2, 0.25) is 0 Å². The molecule has 0 saturated carbocycles. The molecule has 2 aliphatic rings. The van der Waals surface area contributed by atoms with E-state index in [1.54, 1.807) is 0 Å². The van der Waals surface area contributed by atoms with Gasteiger partial charge in [0.25, 0.3) is 0 Å². The zero-order chi connectivity index (χ0) is 16.9. The van der Waals surface area contributed by atoms with Gasteiger partial charge in [-0.25, -0.2) is 0 Å². The van der Waals surface area contributed by atoms with Crippen LogP contribution < -0.4 is 10.2 Å². The second-order valence-electron chi connectivity index (χ2n) is 6.56. The van der Waals surface area contributed by atoms with Crippen LogP contribution in [0, 0.1) is 5.92 Å². The Balaban J connectivity index is 0.000000387. The van der Waals surface area contributed by atoms with E-state index in [1.165, 1.54) is 64.3 Å². The Morgan fingerprint density at radius 3 is 1.83 bits per heavy atom. The van der Waals surface area contributed by atoms with Gasteiger partial charge >= 0.3 is 0 Å². The van der Waals surface area contributed by atoms with E-state index in [2.05, 4.69) is 73.1 Å². The average Bonchev–Trinajstić information content (AvgIpc) is 2.54. The maximum Gasteiger partial charge on any atom is 0.0367 e. The predicted molar refractivity (Wildman–Crippen MR) is 103 cm³/mol. The summed E-state index contributed by atoms with van der Waals surface area (Å²) in [7, 11) is 0. The van der Waals surface area contributed by atoms with E-state index in [4.69, 9.17) is 0 Å². The Morgan fingerprint density at radius 2 is 1.39 bits per heavy atom. The number of para-hydroxylation sites is 1. The number of nitrogens with zero attached hydrogens (tertiary/aromatic N) is 2. The molecular weight excluding hydrogens is 282 g/mol. The molecule has 2 aliphatic heterocycles. The number of hydrogen-bond acceptors (Lipinski definition) is 3.